The Morgan fingerprint density at radius 2 is 0.917 bits per heavy atom. The molecular formula is C21H8F10N4O. The molecule has 2 N–H and O–H groups in total. The van der Waals surface area contributed by atoms with Gasteiger partial charge < -0.3 is 0 Å². The molecule has 3 rings (SSSR count). The highest BCUT2D eigenvalue weighted by molar-refractivity contribution is 5.95. The number of hydrazone groups is 2. The van der Waals surface area contributed by atoms with E-state index < -0.39 is 75.2 Å². The van der Waals surface area contributed by atoms with Gasteiger partial charge in [-0.1, -0.05) is 0 Å². The number of halogens is 10. The summed E-state index contributed by atoms with van der Waals surface area (Å²) < 4.78 is 133. The topological polar surface area (TPSA) is 65.8 Å². The van der Waals surface area contributed by atoms with E-state index in [1.54, 1.807) is 5.43 Å². The molecular weight excluding hydrogens is 514 g/mol. The number of carbonyl (C=O) groups is 1. The number of hydrogen-bond acceptors (Lipinski definition) is 4. The summed E-state index contributed by atoms with van der Waals surface area (Å²) in [5, 5.41) is 6.48. The van der Waals surface area contributed by atoms with Gasteiger partial charge in [0.2, 0.25) is 11.6 Å². The molecule has 0 heterocycles. The Kier molecular flexibility index (Phi) is 7.60. The average molecular weight is 522 g/mol. The molecule has 15 heteroatoms. The molecule has 0 unspecified atom stereocenters. The van der Waals surface area contributed by atoms with Crippen molar-refractivity contribution in [2.75, 3.05) is 5.43 Å². The van der Waals surface area contributed by atoms with E-state index in [0.29, 0.717) is 6.21 Å². The predicted octanol–water partition coefficient (Wildman–Crippen LogP) is 5.29. The lowest BCUT2D eigenvalue weighted by Crippen LogP contribution is -2.18. The zero-order valence-corrected chi connectivity index (χ0v) is 17.0. The molecule has 3 aromatic carbocycles. The first-order valence-electron chi connectivity index (χ1n) is 9.21. The van der Waals surface area contributed by atoms with E-state index in [4.69, 9.17) is 0 Å². The van der Waals surface area contributed by atoms with Crippen LogP contribution in [-0.4, -0.2) is 18.3 Å². The van der Waals surface area contributed by atoms with Gasteiger partial charge in [0.15, 0.2) is 46.5 Å². The fraction of sp³-hybridized carbons (Fsp3) is 0. The largest absolute Gasteiger partial charge is 0.279 e. The maximum Gasteiger partial charge on any atom is 0.271 e. The summed E-state index contributed by atoms with van der Waals surface area (Å²) in [7, 11) is 0. The molecule has 0 aliphatic carbocycles. The van der Waals surface area contributed by atoms with E-state index in [0.717, 1.165) is 12.1 Å². The quantitative estimate of drug-likeness (QED) is 0.152. The van der Waals surface area contributed by atoms with Gasteiger partial charge in [0.25, 0.3) is 5.91 Å². The second-order valence-electron chi connectivity index (χ2n) is 6.61. The first kappa shape index (κ1) is 26.2. The minimum absolute atomic E-state index is 0.0802. The van der Waals surface area contributed by atoms with Crippen molar-refractivity contribution in [3.05, 3.63) is 99.1 Å². The van der Waals surface area contributed by atoms with Crippen molar-refractivity contribution >= 4 is 24.0 Å². The highest BCUT2D eigenvalue weighted by atomic mass is 19.2. The van der Waals surface area contributed by atoms with Crippen LogP contribution in [0.5, 0.6) is 0 Å². The van der Waals surface area contributed by atoms with E-state index in [1.165, 1.54) is 12.1 Å². The molecule has 0 bridgehead atoms. The third-order valence-electron chi connectivity index (χ3n) is 4.38. The summed E-state index contributed by atoms with van der Waals surface area (Å²) in [6.45, 7) is 0. The van der Waals surface area contributed by atoms with E-state index in [-0.39, 0.29) is 17.5 Å². The van der Waals surface area contributed by atoms with Gasteiger partial charge >= 0.3 is 0 Å². The monoisotopic (exact) mass is 522 g/mol. The Morgan fingerprint density at radius 3 is 1.33 bits per heavy atom. The molecule has 188 valence electrons. The van der Waals surface area contributed by atoms with Gasteiger partial charge in [0.05, 0.1) is 29.2 Å². The van der Waals surface area contributed by atoms with Gasteiger partial charge in [-0.2, -0.15) is 10.2 Å². The Morgan fingerprint density at radius 1 is 0.556 bits per heavy atom. The van der Waals surface area contributed by atoms with Crippen molar-refractivity contribution in [3.63, 3.8) is 0 Å². The van der Waals surface area contributed by atoms with E-state index in [9.17, 15) is 48.7 Å². The second-order valence-corrected chi connectivity index (χ2v) is 6.61. The Bertz CT molecular complexity index is 1350. The third kappa shape index (κ3) is 4.99. The molecule has 0 spiro atoms. The molecule has 3 aromatic rings. The van der Waals surface area contributed by atoms with Crippen LogP contribution in [0.15, 0.2) is 34.5 Å². The first-order chi connectivity index (χ1) is 17.0. The lowest BCUT2D eigenvalue weighted by atomic mass is 10.2. The van der Waals surface area contributed by atoms with Crippen molar-refractivity contribution in [1.29, 1.82) is 0 Å². The van der Waals surface area contributed by atoms with Crippen molar-refractivity contribution in [2.45, 2.75) is 0 Å². The van der Waals surface area contributed by atoms with Crippen molar-refractivity contribution in [2.24, 2.45) is 10.2 Å². The maximum atomic E-state index is 13.6. The molecule has 0 atom stereocenters. The van der Waals surface area contributed by atoms with Crippen LogP contribution in [0.4, 0.5) is 49.6 Å². The Labute approximate surface area is 193 Å². The highest BCUT2D eigenvalue weighted by Gasteiger charge is 2.25. The third-order valence-corrected chi connectivity index (χ3v) is 4.38. The van der Waals surface area contributed by atoms with Gasteiger partial charge in [0.1, 0.15) is 0 Å². The second kappa shape index (κ2) is 10.5. The zero-order valence-electron chi connectivity index (χ0n) is 17.0. The van der Waals surface area contributed by atoms with Crippen LogP contribution in [0.2, 0.25) is 0 Å². The number of carbonyl (C=O) groups excluding carboxylic acids is 1. The lowest BCUT2D eigenvalue weighted by Gasteiger charge is -2.05. The number of rotatable bonds is 6. The molecule has 0 saturated carbocycles. The molecule has 0 aliphatic rings. The highest BCUT2D eigenvalue weighted by Crippen LogP contribution is 2.23. The van der Waals surface area contributed by atoms with Crippen LogP contribution in [0.3, 0.4) is 0 Å². The van der Waals surface area contributed by atoms with Gasteiger partial charge in [-0.3, -0.25) is 10.2 Å². The molecule has 0 fully saturated rings. The molecule has 0 aliphatic heterocycles. The average Bonchev–Trinajstić information content (AvgIpc) is 2.88. The fourth-order valence-corrected chi connectivity index (χ4v) is 2.56. The van der Waals surface area contributed by atoms with Crippen molar-refractivity contribution in [1.82, 2.24) is 5.43 Å². The number of anilines is 1. The van der Waals surface area contributed by atoms with Gasteiger partial charge in [-0.15, -0.1) is 0 Å². The predicted molar refractivity (Wildman–Crippen MR) is 105 cm³/mol. The fourth-order valence-electron chi connectivity index (χ4n) is 2.56. The minimum Gasteiger partial charge on any atom is -0.279 e. The van der Waals surface area contributed by atoms with E-state index in [2.05, 4.69) is 15.6 Å². The summed E-state index contributed by atoms with van der Waals surface area (Å²) >= 11 is 0. The van der Waals surface area contributed by atoms with E-state index in [1.807, 2.05) is 0 Å². The smallest absolute Gasteiger partial charge is 0.271 e. The normalized spacial score (nSPS) is 11.5. The van der Waals surface area contributed by atoms with Gasteiger partial charge in [0, 0.05) is 5.56 Å². The standard InChI is InChI=1S/C21H8F10N4O/c22-11-9(12(23)16(27)19(30)15(11)26)5-32-34-8-3-1-7(2-4-8)21(36)35-33-6-10-13(24)17(28)20(31)18(29)14(10)25/h1-6,34H,(H,35,36)/b32-5+,33-6+. The number of hydrogen-bond donors (Lipinski definition) is 2. The van der Waals surface area contributed by atoms with Crippen LogP contribution in [0, 0.1) is 58.2 Å². The van der Waals surface area contributed by atoms with Crippen molar-refractivity contribution < 1.29 is 48.7 Å². The number of benzene rings is 3. The molecule has 1 amide bonds. The lowest BCUT2D eigenvalue weighted by molar-refractivity contribution is 0.0955. The summed E-state index contributed by atoms with van der Waals surface area (Å²) in [5.41, 5.74) is 1.26. The Balaban J connectivity index is 1.67. The molecule has 0 aromatic heterocycles. The Hall–Kier alpha value is -4.43. The first-order valence-corrected chi connectivity index (χ1v) is 9.21. The van der Waals surface area contributed by atoms with Crippen molar-refractivity contribution in [3.8, 4) is 0 Å². The maximum absolute atomic E-state index is 13.6. The molecule has 36 heavy (non-hydrogen) atoms. The van der Waals surface area contributed by atoms with Crippen LogP contribution in [-0.2, 0) is 0 Å². The van der Waals surface area contributed by atoms with Gasteiger partial charge in [-0.25, -0.2) is 49.3 Å². The molecule has 0 radical (unpaired) electrons. The number of nitrogens with one attached hydrogen (secondary N) is 2. The van der Waals surface area contributed by atoms with E-state index >= 15 is 0 Å². The zero-order chi connectivity index (χ0) is 26.7. The summed E-state index contributed by atoms with van der Waals surface area (Å²) in [6.07, 6.45) is 0.545. The minimum atomic E-state index is -2.36. The molecule has 0 saturated heterocycles. The van der Waals surface area contributed by atoms with Crippen LogP contribution < -0.4 is 10.9 Å². The molecule has 5 nitrogen and oxygen atoms in total. The number of nitrogens with zero attached hydrogens (tertiary/aromatic N) is 2. The SMILES string of the molecule is O=C(N/N=C/c1c(F)c(F)c(F)c(F)c1F)c1ccc(N/N=C/c2c(F)c(F)c(F)c(F)c2F)cc1. The summed E-state index contributed by atoms with van der Waals surface area (Å²) in [4.78, 5) is 12.0. The van der Waals surface area contributed by atoms with Crippen LogP contribution in [0.25, 0.3) is 0 Å². The van der Waals surface area contributed by atoms with Crippen LogP contribution in [0.1, 0.15) is 21.5 Å². The number of amides is 1. The van der Waals surface area contributed by atoms with Crippen LogP contribution >= 0.6 is 0 Å². The summed E-state index contributed by atoms with van der Waals surface area (Å²) in [6, 6.07) is 4.61. The summed E-state index contributed by atoms with van der Waals surface area (Å²) in [5.74, 6) is -22.9. The van der Waals surface area contributed by atoms with Gasteiger partial charge in [-0.05, 0) is 24.3 Å².